The van der Waals surface area contributed by atoms with Crippen molar-refractivity contribution in [2.75, 3.05) is 31.1 Å². The van der Waals surface area contributed by atoms with Crippen molar-refractivity contribution in [1.82, 2.24) is 9.88 Å². The van der Waals surface area contributed by atoms with Crippen molar-refractivity contribution in [2.45, 2.75) is 45.3 Å². The second kappa shape index (κ2) is 5.77. The van der Waals surface area contributed by atoms with Crippen LogP contribution in [0.2, 0.25) is 0 Å². The van der Waals surface area contributed by atoms with Crippen LogP contribution in [0, 0.1) is 0 Å². The van der Waals surface area contributed by atoms with E-state index in [1.165, 1.54) is 25.9 Å². The van der Waals surface area contributed by atoms with Gasteiger partial charge in [0.2, 0.25) is 0 Å². The lowest BCUT2D eigenvalue weighted by Gasteiger charge is -2.34. The van der Waals surface area contributed by atoms with Crippen LogP contribution in [0.5, 0.6) is 0 Å². The van der Waals surface area contributed by atoms with Crippen molar-refractivity contribution in [1.29, 1.82) is 0 Å². The molecule has 0 amide bonds. The molecule has 19 heavy (non-hydrogen) atoms. The number of nitrogens with zero attached hydrogens (tertiary/aromatic N) is 3. The van der Waals surface area contributed by atoms with Gasteiger partial charge >= 0.3 is 0 Å². The number of hydrogen-bond acceptors (Lipinski definition) is 5. The molecule has 3 rings (SSSR count). The maximum atomic E-state index is 9.42. The molecule has 0 bridgehead atoms. The molecular formula is C14H23N3OS. The molecule has 1 aliphatic carbocycles. The van der Waals surface area contributed by atoms with Crippen LogP contribution >= 0.6 is 11.3 Å². The molecule has 0 radical (unpaired) electrons. The van der Waals surface area contributed by atoms with Crippen molar-refractivity contribution in [3.8, 4) is 0 Å². The summed E-state index contributed by atoms with van der Waals surface area (Å²) in [7, 11) is 0. The number of hydrogen-bond donors (Lipinski definition) is 1. The first-order chi connectivity index (χ1) is 9.31. The number of aromatic nitrogens is 1. The molecule has 0 unspecified atom stereocenters. The van der Waals surface area contributed by atoms with Crippen LogP contribution in [0.3, 0.4) is 0 Å². The van der Waals surface area contributed by atoms with Crippen LogP contribution in [0.4, 0.5) is 5.13 Å². The fourth-order valence-corrected chi connectivity index (χ4v) is 3.80. The summed E-state index contributed by atoms with van der Waals surface area (Å²) in [5, 5.41) is 10.5. The second-order valence-corrected chi connectivity index (χ2v) is 6.59. The first-order valence-electron chi connectivity index (χ1n) is 7.40. The van der Waals surface area contributed by atoms with E-state index in [2.05, 4.69) is 16.7 Å². The maximum absolute atomic E-state index is 9.42. The SMILES string of the molecule is CCCc1nc(N2CCN(C3CC3)CC2)sc1CO. The van der Waals surface area contributed by atoms with E-state index in [0.717, 1.165) is 47.7 Å². The van der Waals surface area contributed by atoms with E-state index in [1.54, 1.807) is 11.3 Å². The molecule has 1 saturated heterocycles. The van der Waals surface area contributed by atoms with E-state index in [0.29, 0.717) is 0 Å². The Bertz CT molecular complexity index is 422. The van der Waals surface area contributed by atoms with Gasteiger partial charge in [0.25, 0.3) is 0 Å². The predicted molar refractivity (Wildman–Crippen MR) is 78.8 cm³/mol. The molecule has 106 valence electrons. The Labute approximate surface area is 119 Å². The fourth-order valence-electron chi connectivity index (χ4n) is 2.78. The zero-order valence-corrected chi connectivity index (χ0v) is 12.5. The molecule has 1 aliphatic heterocycles. The van der Waals surface area contributed by atoms with Gasteiger partial charge in [-0.05, 0) is 19.3 Å². The molecule has 4 nitrogen and oxygen atoms in total. The predicted octanol–water partition coefficient (Wildman–Crippen LogP) is 1.87. The van der Waals surface area contributed by atoms with Crippen molar-refractivity contribution in [2.24, 2.45) is 0 Å². The normalized spacial score (nSPS) is 21.1. The first-order valence-corrected chi connectivity index (χ1v) is 8.22. The summed E-state index contributed by atoms with van der Waals surface area (Å²) in [5.41, 5.74) is 1.11. The molecule has 1 saturated carbocycles. The minimum atomic E-state index is 0.134. The molecule has 1 aromatic heterocycles. The van der Waals surface area contributed by atoms with Gasteiger partial charge in [-0.25, -0.2) is 4.98 Å². The highest BCUT2D eigenvalue weighted by Crippen LogP contribution is 2.31. The molecule has 0 spiro atoms. The van der Waals surface area contributed by atoms with Crippen molar-refractivity contribution >= 4 is 16.5 Å². The Morgan fingerprint density at radius 1 is 1.26 bits per heavy atom. The minimum Gasteiger partial charge on any atom is -0.391 e. The molecule has 5 heteroatoms. The molecule has 2 fully saturated rings. The van der Waals surface area contributed by atoms with Crippen LogP contribution < -0.4 is 4.90 Å². The Kier molecular flexibility index (Phi) is 4.05. The van der Waals surface area contributed by atoms with Crippen LogP contribution in [-0.4, -0.2) is 47.2 Å². The monoisotopic (exact) mass is 281 g/mol. The van der Waals surface area contributed by atoms with Crippen LogP contribution in [0.15, 0.2) is 0 Å². The largest absolute Gasteiger partial charge is 0.391 e. The lowest BCUT2D eigenvalue weighted by molar-refractivity contribution is 0.248. The quantitative estimate of drug-likeness (QED) is 0.894. The number of anilines is 1. The number of piperazine rings is 1. The molecule has 0 atom stereocenters. The Balaban J connectivity index is 1.65. The number of aliphatic hydroxyl groups excluding tert-OH is 1. The number of thiazole rings is 1. The number of aryl methyl sites for hydroxylation is 1. The topological polar surface area (TPSA) is 39.6 Å². The summed E-state index contributed by atoms with van der Waals surface area (Å²) in [5.74, 6) is 0. The van der Waals surface area contributed by atoms with Gasteiger partial charge in [-0.15, -0.1) is 0 Å². The number of rotatable bonds is 5. The molecule has 1 N–H and O–H groups in total. The summed E-state index contributed by atoms with van der Waals surface area (Å²) in [6.07, 6.45) is 4.86. The highest BCUT2D eigenvalue weighted by Gasteiger charge is 2.31. The average molecular weight is 281 g/mol. The van der Waals surface area contributed by atoms with Crippen molar-refractivity contribution in [3.05, 3.63) is 10.6 Å². The molecule has 1 aromatic rings. The van der Waals surface area contributed by atoms with Gasteiger partial charge in [0.15, 0.2) is 5.13 Å². The van der Waals surface area contributed by atoms with E-state index in [4.69, 9.17) is 4.98 Å². The third kappa shape index (κ3) is 2.93. The van der Waals surface area contributed by atoms with Gasteiger partial charge in [0.05, 0.1) is 17.2 Å². The Hall–Kier alpha value is -0.650. The smallest absolute Gasteiger partial charge is 0.185 e. The van der Waals surface area contributed by atoms with Gasteiger partial charge in [0, 0.05) is 32.2 Å². The summed E-state index contributed by atoms with van der Waals surface area (Å²) >= 11 is 1.68. The fraction of sp³-hybridized carbons (Fsp3) is 0.786. The summed E-state index contributed by atoms with van der Waals surface area (Å²) < 4.78 is 0. The molecular weight excluding hydrogens is 258 g/mol. The first kappa shape index (κ1) is 13.3. The highest BCUT2D eigenvalue weighted by atomic mass is 32.1. The molecule has 2 aliphatic rings. The van der Waals surface area contributed by atoms with Gasteiger partial charge in [-0.1, -0.05) is 24.7 Å². The standard InChI is InChI=1S/C14H23N3OS/c1-2-3-12-13(10-18)19-14(15-12)17-8-6-16(7-9-17)11-4-5-11/h11,18H,2-10H2,1H3. The maximum Gasteiger partial charge on any atom is 0.185 e. The van der Waals surface area contributed by atoms with Crippen molar-refractivity contribution < 1.29 is 5.11 Å². The summed E-state index contributed by atoms with van der Waals surface area (Å²) in [6, 6.07) is 0.877. The van der Waals surface area contributed by atoms with Gasteiger partial charge < -0.3 is 10.0 Å². The van der Waals surface area contributed by atoms with Crippen molar-refractivity contribution in [3.63, 3.8) is 0 Å². The van der Waals surface area contributed by atoms with Crippen LogP contribution in [0.1, 0.15) is 36.8 Å². The average Bonchev–Trinajstić information content (AvgIpc) is 3.21. The van der Waals surface area contributed by atoms with Gasteiger partial charge in [0.1, 0.15) is 0 Å². The lowest BCUT2D eigenvalue weighted by atomic mass is 10.2. The van der Waals surface area contributed by atoms with E-state index in [1.807, 2.05) is 0 Å². The highest BCUT2D eigenvalue weighted by molar-refractivity contribution is 7.15. The zero-order chi connectivity index (χ0) is 13.2. The second-order valence-electron chi connectivity index (χ2n) is 5.53. The zero-order valence-electron chi connectivity index (χ0n) is 11.6. The third-order valence-electron chi connectivity index (χ3n) is 4.05. The Morgan fingerprint density at radius 2 is 2.00 bits per heavy atom. The van der Waals surface area contributed by atoms with E-state index >= 15 is 0 Å². The minimum absolute atomic E-state index is 0.134. The van der Waals surface area contributed by atoms with E-state index in [9.17, 15) is 5.11 Å². The van der Waals surface area contributed by atoms with Gasteiger partial charge in [-0.2, -0.15) is 0 Å². The molecule has 0 aromatic carbocycles. The van der Waals surface area contributed by atoms with E-state index < -0.39 is 0 Å². The molecule has 2 heterocycles. The van der Waals surface area contributed by atoms with E-state index in [-0.39, 0.29) is 6.61 Å². The summed E-state index contributed by atoms with van der Waals surface area (Å²) in [6.45, 7) is 6.80. The third-order valence-corrected chi connectivity index (χ3v) is 5.19. The van der Waals surface area contributed by atoms with Gasteiger partial charge in [-0.3, -0.25) is 4.90 Å². The lowest BCUT2D eigenvalue weighted by Crippen LogP contribution is -2.47. The summed E-state index contributed by atoms with van der Waals surface area (Å²) in [4.78, 5) is 10.8. The Morgan fingerprint density at radius 3 is 2.58 bits per heavy atom. The van der Waals surface area contributed by atoms with Crippen LogP contribution in [0.25, 0.3) is 0 Å². The number of aliphatic hydroxyl groups is 1. The van der Waals surface area contributed by atoms with Crippen LogP contribution in [-0.2, 0) is 13.0 Å².